The van der Waals surface area contributed by atoms with Crippen LogP contribution < -0.4 is 5.32 Å². The van der Waals surface area contributed by atoms with Gasteiger partial charge in [-0.15, -0.1) is 0 Å². The molecule has 1 atom stereocenters. The summed E-state index contributed by atoms with van der Waals surface area (Å²) in [5, 5.41) is 4.14. The van der Waals surface area contributed by atoms with Gasteiger partial charge in [-0.3, -0.25) is 9.78 Å². The lowest BCUT2D eigenvalue weighted by Crippen LogP contribution is -2.43. The summed E-state index contributed by atoms with van der Waals surface area (Å²) in [4.78, 5) is 19.2. The molecule has 0 spiro atoms. The monoisotopic (exact) mass is 371 g/mol. The van der Waals surface area contributed by atoms with E-state index in [2.05, 4.69) is 17.2 Å². The molecule has 1 aliphatic heterocycles. The Bertz CT molecular complexity index is 732. The van der Waals surface area contributed by atoms with E-state index >= 15 is 0 Å². The van der Waals surface area contributed by atoms with E-state index in [-0.39, 0.29) is 5.91 Å². The summed E-state index contributed by atoms with van der Waals surface area (Å²) < 4.78 is 0. The van der Waals surface area contributed by atoms with Gasteiger partial charge in [0.25, 0.3) is 5.91 Å². The minimum atomic E-state index is 0.0536. The molecule has 1 aromatic carbocycles. The summed E-state index contributed by atoms with van der Waals surface area (Å²) in [6, 6.07) is 12.0. The Balaban J connectivity index is 1.60. The van der Waals surface area contributed by atoms with Gasteiger partial charge in [0.1, 0.15) is 5.69 Å². The van der Waals surface area contributed by atoms with Crippen LogP contribution in [-0.4, -0.2) is 34.9 Å². The number of rotatable bonds is 6. The lowest BCUT2D eigenvalue weighted by atomic mass is 9.99. The van der Waals surface area contributed by atoms with Gasteiger partial charge in [0.05, 0.1) is 0 Å². The normalized spacial score (nSPS) is 17.2. The average Bonchev–Trinajstić information content (AvgIpc) is 2.69. The molecule has 1 N–H and O–H groups in total. The van der Waals surface area contributed by atoms with Gasteiger partial charge in [0.2, 0.25) is 0 Å². The molecular weight excluding hydrogens is 346 g/mol. The van der Waals surface area contributed by atoms with Crippen molar-refractivity contribution in [3.63, 3.8) is 0 Å². The zero-order chi connectivity index (χ0) is 18.4. The van der Waals surface area contributed by atoms with Crippen molar-refractivity contribution in [2.24, 2.45) is 0 Å². The maximum Gasteiger partial charge on any atom is 0.272 e. The van der Waals surface area contributed by atoms with Crippen molar-refractivity contribution >= 4 is 23.2 Å². The van der Waals surface area contributed by atoms with Crippen LogP contribution in [0.4, 0.5) is 5.69 Å². The van der Waals surface area contributed by atoms with Gasteiger partial charge >= 0.3 is 0 Å². The summed E-state index contributed by atoms with van der Waals surface area (Å²) in [7, 11) is 0. The van der Waals surface area contributed by atoms with Crippen molar-refractivity contribution in [2.45, 2.75) is 45.1 Å². The third-order valence-electron chi connectivity index (χ3n) is 4.99. The topological polar surface area (TPSA) is 45.2 Å². The van der Waals surface area contributed by atoms with Crippen molar-refractivity contribution in [2.75, 3.05) is 18.4 Å². The van der Waals surface area contributed by atoms with E-state index in [0.717, 1.165) is 49.5 Å². The van der Waals surface area contributed by atoms with Gasteiger partial charge in [-0.05, 0) is 61.9 Å². The van der Waals surface area contributed by atoms with Crippen molar-refractivity contribution in [1.82, 2.24) is 9.88 Å². The quantitative estimate of drug-likeness (QED) is 0.793. The van der Waals surface area contributed by atoms with E-state index in [1.165, 1.54) is 12.0 Å². The van der Waals surface area contributed by atoms with Gasteiger partial charge in [0, 0.05) is 36.0 Å². The van der Waals surface area contributed by atoms with Crippen LogP contribution in [-0.2, 0) is 6.42 Å². The van der Waals surface area contributed by atoms with Crippen molar-refractivity contribution in [3.8, 4) is 0 Å². The number of hydrogen-bond donors (Lipinski definition) is 1. The smallest absolute Gasteiger partial charge is 0.272 e. The van der Waals surface area contributed by atoms with E-state index in [0.29, 0.717) is 11.7 Å². The molecule has 1 saturated heterocycles. The van der Waals surface area contributed by atoms with Gasteiger partial charge in [0.15, 0.2) is 0 Å². The number of aromatic nitrogens is 1. The molecule has 26 heavy (non-hydrogen) atoms. The Morgan fingerprint density at radius 2 is 2.08 bits per heavy atom. The number of likely N-dealkylation sites (tertiary alicyclic amines) is 1. The van der Waals surface area contributed by atoms with Crippen LogP contribution in [0, 0.1) is 0 Å². The number of hydrogen-bond acceptors (Lipinski definition) is 3. The number of benzene rings is 1. The number of anilines is 1. The number of carbonyl (C=O) groups excluding carboxylic acids is 1. The highest BCUT2D eigenvalue weighted by atomic mass is 35.5. The number of piperidine rings is 1. The Kier molecular flexibility index (Phi) is 6.51. The number of nitrogens with zero attached hydrogens (tertiary/aromatic N) is 2. The van der Waals surface area contributed by atoms with Crippen LogP contribution in [0.2, 0.25) is 5.02 Å². The first-order chi connectivity index (χ1) is 12.7. The Morgan fingerprint density at radius 3 is 2.85 bits per heavy atom. The van der Waals surface area contributed by atoms with Gasteiger partial charge < -0.3 is 10.2 Å². The second kappa shape index (κ2) is 9.04. The van der Waals surface area contributed by atoms with Gasteiger partial charge in [-0.25, -0.2) is 0 Å². The van der Waals surface area contributed by atoms with Crippen LogP contribution in [0.25, 0.3) is 0 Å². The maximum absolute atomic E-state index is 12.9. The standard InChI is InChI=1S/C21H26ClN3O/c1-2-19-5-3-4-14-25(19)21(26)20-15-18(11-13-24-20)23-12-10-16-6-8-17(22)9-7-16/h6-9,11,13,15,19H,2-5,10,12,14H2,1H3,(H,23,24). The van der Waals surface area contributed by atoms with Crippen molar-refractivity contribution < 1.29 is 4.79 Å². The van der Waals surface area contributed by atoms with Gasteiger partial charge in [-0.1, -0.05) is 30.7 Å². The molecule has 0 bridgehead atoms. The summed E-state index contributed by atoms with van der Waals surface area (Å²) in [5.74, 6) is 0.0536. The Morgan fingerprint density at radius 1 is 1.27 bits per heavy atom. The molecule has 2 aromatic rings. The number of pyridine rings is 1. The number of amides is 1. The highest BCUT2D eigenvalue weighted by Gasteiger charge is 2.26. The minimum Gasteiger partial charge on any atom is -0.385 e. The molecule has 1 amide bonds. The predicted molar refractivity (Wildman–Crippen MR) is 107 cm³/mol. The first-order valence-electron chi connectivity index (χ1n) is 9.42. The van der Waals surface area contributed by atoms with E-state index in [1.54, 1.807) is 6.20 Å². The number of nitrogens with one attached hydrogen (secondary N) is 1. The highest BCUT2D eigenvalue weighted by molar-refractivity contribution is 6.30. The van der Waals surface area contributed by atoms with E-state index in [9.17, 15) is 4.79 Å². The molecule has 1 fully saturated rings. The molecule has 0 saturated carbocycles. The first kappa shape index (κ1) is 18.7. The molecule has 1 unspecified atom stereocenters. The van der Waals surface area contributed by atoms with Crippen LogP contribution in [0.15, 0.2) is 42.6 Å². The molecule has 4 nitrogen and oxygen atoms in total. The zero-order valence-electron chi connectivity index (χ0n) is 15.2. The minimum absolute atomic E-state index is 0.0536. The van der Waals surface area contributed by atoms with E-state index < -0.39 is 0 Å². The van der Waals surface area contributed by atoms with Crippen molar-refractivity contribution in [3.05, 3.63) is 58.9 Å². The molecule has 1 aromatic heterocycles. The lowest BCUT2D eigenvalue weighted by Gasteiger charge is -2.35. The zero-order valence-corrected chi connectivity index (χ0v) is 16.0. The average molecular weight is 372 g/mol. The Labute approximate surface area is 160 Å². The van der Waals surface area contributed by atoms with Crippen molar-refractivity contribution in [1.29, 1.82) is 0 Å². The molecule has 5 heteroatoms. The van der Waals surface area contributed by atoms with Crippen LogP contribution in [0.5, 0.6) is 0 Å². The van der Waals surface area contributed by atoms with Gasteiger partial charge in [-0.2, -0.15) is 0 Å². The second-order valence-electron chi connectivity index (χ2n) is 6.79. The van der Waals surface area contributed by atoms with Crippen LogP contribution in [0.1, 0.15) is 48.7 Å². The second-order valence-corrected chi connectivity index (χ2v) is 7.23. The molecule has 3 rings (SSSR count). The molecule has 0 radical (unpaired) electrons. The largest absolute Gasteiger partial charge is 0.385 e. The fraction of sp³-hybridized carbons (Fsp3) is 0.429. The molecule has 0 aliphatic carbocycles. The molecular formula is C21H26ClN3O. The lowest BCUT2D eigenvalue weighted by molar-refractivity contribution is 0.0602. The predicted octanol–water partition coefficient (Wildman–Crippen LogP) is 4.79. The summed E-state index contributed by atoms with van der Waals surface area (Å²) in [6.07, 6.45) is 7.00. The summed E-state index contributed by atoms with van der Waals surface area (Å²) in [6.45, 7) is 3.78. The fourth-order valence-corrected chi connectivity index (χ4v) is 3.63. The third-order valence-corrected chi connectivity index (χ3v) is 5.25. The fourth-order valence-electron chi connectivity index (χ4n) is 3.50. The molecule has 138 valence electrons. The SMILES string of the molecule is CCC1CCCCN1C(=O)c1cc(NCCc2ccc(Cl)cc2)ccn1. The van der Waals surface area contributed by atoms with Crippen LogP contribution >= 0.6 is 11.6 Å². The first-order valence-corrected chi connectivity index (χ1v) is 9.80. The van der Waals surface area contributed by atoms with E-state index in [4.69, 9.17) is 11.6 Å². The summed E-state index contributed by atoms with van der Waals surface area (Å²) >= 11 is 5.91. The van der Waals surface area contributed by atoms with Crippen LogP contribution in [0.3, 0.4) is 0 Å². The van der Waals surface area contributed by atoms with E-state index in [1.807, 2.05) is 41.3 Å². The number of halogens is 1. The highest BCUT2D eigenvalue weighted by Crippen LogP contribution is 2.22. The third kappa shape index (κ3) is 4.76. The summed E-state index contributed by atoms with van der Waals surface area (Å²) in [5.41, 5.74) is 2.69. The maximum atomic E-state index is 12.9. The molecule has 1 aliphatic rings. The molecule has 2 heterocycles. The number of carbonyl (C=O) groups is 1. The Hall–Kier alpha value is -2.07.